The van der Waals surface area contributed by atoms with Crippen LogP contribution in [0.15, 0.2) is 29.3 Å². The Bertz CT molecular complexity index is 593. The average Bonchev–Trinajstić information content (AvgIpc) is 2.52. The SMILES string of the molecule is CCNC(=NCC(=O)N(C)CC(F)(F)F)NCCc1ccccc1Cl. The third kappa shape index (κ3) is 8.62. The van der Waals surface area contributed by atoms with Gasteiger partial charge >= 0.3 is 6.18 Å². The van der Waals surface area contributed by atoms with Gasteiger partial charge in [0.05, 0.1) is 0 Å². The number of likely N-dealkylation sites (N-methyl/N-ethyl adjacent to an activating group) is 1. The van der Waals surface area contributed by atoms with Crippen LogP contribution in [-0.2, 0) is 11.2 Å². The molecule has 140 valence electrons. The fraction of sp³-hybridized carbons (Fsp3) is 0.500. The van der Waals surface area contributed by atoms with Crippen molar-refractivity contribution >= 4 is 23.5 Å². The second kappa shape index (κ2) is 10.1. The zero-order valence-electron chi connectivity index (χ0n) is 14.2. The lowest BCUT2D eigenvalue weighted by molar-refractivity contribution is -0.157. The van der Waals surface area contributed by atoms with E-state index in [2.05, 4.69) is 15.6 Å². The molecular formula is C16H22ClF3N4O. The number of aliphatic imine (C=N–C) groups is 1. The van der Waals surface area contributed by atoms with Gasteiger partial charge in [-0.05, 0) is 25.0 Å². The minimum absolute atomic E-state index is 0.364. The molecule has 2 N–H and O–H groups in total. The van der Waals surface area contributed by atoms with Gasteiger partial charge in [0.1, 0.15) is 13.1 Å². The molecule has 0 atom stereocenters. The number of rotatable bonds is 7. The minimum atomic E-state index is -4.42. The summed E-state index contributed by atoms with van der Waals surface area (Å²) >= 11 is 6.08. The quantitative estimate of drug-likeness (QED) is 0.566. The molecule has 0 heterocycles. The number of hydrogen-bond donors (Lipinski definition) is 2. The van der Waals surface area contributed by atoms with Crippen LogP contribution in [0.3, 0.4) is 0 Å². The summed E-state index contributed by atoms with van der Waals surface area (Å²) in [4.78, 5) is 16.3. The molecule has 5 nitrogen and oxygen atoms in total. The number of carbonyl (C=O) groups excluding carboxylic acids is 1. The Morgan fingerprint density at radius 3 is 2.56 bits per heavy atom. The van der Waals surface area contributed by atoms with Gasteiger partial charge in [-0.15, -0.1) is 0 Å². The Hall–Kier alpha value is -1.96. The van der Waals surface area contributed by atoms with Crippen molar-refractivity contribution in [2.75, 3.05) is 33.2 Å². The maximum Gasteiger partial charge on any atom is 0.406 e. The first kappa shape index (κ1) is 21.1. The van der Waals surface area contributed by atoms with Gasteiger partial charge in [0.15, 0.2) is 5.96 Å². The van der Waals surface area contributed by atoms with Gasteiger partial charge in [-0.1, -0.05) is 29.8 Å². The first-order valence-corrected chi connectivity index (χ1v) is 8.17. The molecule has 0 unspecified atom stereocenters. The average molecular weight is 379 g/mol. The highest BCUT2D eigenvalue weighted by molar-refractivity contribution is 6.31. The Balaban J connectivity index is 2.53. The van der Waals surface area contributed by atoms with Gasteiger partial charge in [0.25, 0.3) is 0 Å². The molecule has 0 fully saturated rings. The van der Waals surface area contributed by atoms with Crippen molar-refractivity contribution in [3.05, 3.63) is 34.9 Å². The summed E-state index contributed by atoms with van der Waals surface area (Å²) in [5, 5.41) is 6.63. The van der Waals surface area contributed by atoms with Crippen LogP contribution in [0, 0.1) is 0 Å². The van der Waals surface area contributed by atoms with E-state index in [1.54, 1.807) is 6.07 Å². The van der Waals surface area contributed by atoms with E-state index < -0.39 is 18.6 Å². The van der Waals surface area contributed by atoms with Crippen LogP contribution >= 0.6 is 11.6 Å². The van der Waals surface area contributed by atoms with E-state index in [9.17, 15) is 18.0 Å². The summed E-state index contributed by atoms with van der Waals surface area (Å²) in [6.07, 6.45) is -3.78. The molecule has 9 heteroatoms. The second-order valence-electron chi connectivity index (χ2n) is 5.33. The number of amides is 1. The van der Waals surface area contributed by atoms with Crippen LogP contribution in [0.25, 0.3) is 0 Å². The largest absolute Gasteiger partial charge is 0.406 e. The number of benzene rings is 1. The molecule has 0 bridgehead atoms. The molecule has 1 aromatic carbocycles. The van der Waals surface area contributed by atoms with E-state index in [4.69, 9.17) is 11.6 Å². The third-order valence-electron chi connectivity index (χ3n) is 3.20. The highest BCUT2D eigenvalue weighted by Gasteiger charge is 2.30. The van der Waals surface area contributed by atoms with Gasteiger partial charge in [0.2, 0.25) is 5.91 Å². The summed E-state index contributed by atoms with van der Waals surface area (Å²) in [6, 6.07) is 7.43. The van der Waals surface area contributed by atoms with Gasteiger partial charge in [-0.3, -0.25) is 4.79 Å². The lowest BCUT2D eigenvalue weighted by atomic mass is 10.1. The number of hydrogen-bond acceptors (Lipinski definition) is 2. The van der Waals surface area contributed by atoms with Crippen molar-refractivity contribution in [3.63, 3.8) is 0 Å². The van der Waals surface area contributed by atoms with Crippen LogP contribution < -0.4 is 10.6 Å². The van der Waals surface area contributed by atoms with E-state index in [1.807, 2.05) is 25.1 Å². The van der Waals surface area contributed by atoms with Crippen molar-refractivity contribution in [2.24, 2.45) is 4.99 Å². The van der Waals surface area contributed by atoms with Crippen LogP contribution in [0.1, 0.15) is 12.5 Å². The zero-order valence-corrected chi connectivity index (χ0v) is 14.9. The fourth-order valence-corrected chi connectivity index (χ4v) is 2.21. The number of carbonyl (C=O) groups is 1. The minimum Gasteiger partial charge on any atom is -0.357 e. The molecule has 0 aliphatic carbocycles. The van der Waals surface area contributed by atoms with Crippen molar-refractivity contribution in [1.29, 1.82) is 0 Å². The van der Waals surface area contributed by atoms with E-state index >= 15 is 0 Å². The van der Waals surface area contributed by atoms with Crippen LogP contribution in [-0.4, -0.2) is 56.2 Å². The predicted octanol–water partition coefficient (Wildman–Crippen LogP) is 2.46. The number of halogens is 4. The molecule has 1 aromatic rings. The van der Waals surface area contributed by atoms with E-state index in [-0.39, 0.29) is 6.54 Å². The number of guanidine groups is 1. The van der Waals surface area contributed by atoms with Crippen LogP contribution in [0.4, 0.5) is 13.2 Å². The number of nitrogens with zero attached hydrogens (tertiary/aromatic N) is 2. The molecule has 0 aliphatic rings. The molecule has 0 aromatic heterocycles. The lowest BCUT2D eigenvalue weighted by Gasteiger charge is -2.18. The normalized spacial score (nSPS) is 12.0. The topological polar surface area (TPSA) is 56.7 Å². The standard InChI is InChI=1S/C16H22ClF3N4O/c1-3-21-15(22-9-8-12-6-4-5-7-13(12)17)23-10-14(25)24(2)11-16(18,19)20/h4-7H,3,8-11H2,1-2H3,(H2,21,22,23). The summed E-state index contributed by atoms with van der Waals surface area (Å²) in [7, 11) is 1.10. The highest BCUT2D eigenvalue weighted by atomic mass is 35.5. The lowest BCUT2D eigenvalue weighted by Crippen LogP contribution is -2.40. The Morgan fingerprint density at radius 1 is 1.28 bits per heavy atom. The molecule has 1 rings (SSSR count). The zero-order chi connectivity index (χ0) is 18.9. The molecule has 0 radical (unpaired) electrons. The summed E-state index contributed by atoms with van der Waals surface area (Å²) < 4.78 is 36.8. The van der Waals surface area contributed by atoms with E-state index in [0.717, 1.165) is 12.6 Å². The predicted molar refractivity (Wildman–Crippen MR) is 92.8 cm³/mol. The molecule has 25 heavy (non-hydrogen) atoms. The van der Waals surface area contributed by atoms with Gasteiger partial charge in [-0.25, -0.2) is 4.99 Å². The third-order valence-corrected chi connectivity index (χ3v) is 3.57. The van der Waals surface area contributed by atoms with Crippen LogP contribution in [0.5, 0.6) is 0 Å². The smallest absolute Gasteiger partial charge is 0.357 e. The highest BCUT2D eigenvalue weighted by Crippen LogP contribution is 2.16. The first-order chi connectivity index (χ1) is 11.7. The van der Waals surface area contributed by atoms with Crippen LogP contribution in [0.2, 0.25) is 5.02 Å². The van der Waals surface area contributed by atoms with E-state index in [1.165, 1.54) is 0 Å². The van der Waals surface area contributed by atoms with Crippen molar-refractivity contribution in [3.8, 4) is 0 Å². The maximum atomic E-state index is 12.3. The van der Waals surface area contributed by atoms with E-state index in [0.29, 0.717) is 35.4 Å². The van der Waals surface area contributed by atoms with Gasteiger partial charge < -0.3 is 15.5 Å². The second-order valence-corrected chi connectivity index (χ2v) is 5.74. The first-order valence-electron chi connectivity index (χ1n) is 7.79. The van der Waals surface area contributed by atoms with Gasteiger partial charge in [0, 0.05) is 25.2 Å². The maximum absolute atomic E-state index is 12.3. The van der Waals surface area contributed by atoms with Crippen molar-refractivity contribution in [2.45, 2.75) is 19.5 Å². The number of nitrogens with one attached hydrogen (secondary N) is 2. The molecule has 0 saturated carbocycles. The van der Waals surface area contributed by atoms with Crippen molar-refractivity contribution < 1.29 is 18.0 Å². The molecule has 0 aliphatic heterocycles. The molecular weight excluding hydrogens is 357 g/mol. The Labute approximate surface area is 150 Å². The summed E-state index contributed by atoms with van der Waals surface area (Å²) in [6.45, 7) is 1.27. The molecule has 0 spiro atoms. The summed E-state index contributed by atoms with van der Waals surface area (Å²) in [5.41, 5.74) is 0.966. The Kier molecular flexibility index (Phi) is 8.54. The summed E-state index contributed by atoms with van der Waals surface area (Å²) in [5.74, 6) is -0.344. The Morgan fingerprint density at radius 2 is 1.96 bits per heavy atom. The monoisotopic (exact) mass is 378 g/mol. The molecule has 1 amide bonds. The van der Waals surface area contributed by atoms with Crippen molar-refractivity contribution in [1.82, 2.24) is 15.5 Å². The fourth-order valence-electron chi connectivity index (χ4n) is 1.98. The number of alkyl halides is 3. The molecule has 0 saturated heterocycles. The van der Waals surface area contributed by atoms with Gasteiger partial charge in [-0.2, -0.15) is 13.2 Å².